The lowest BCUT2D eigenvalue weighted by Gasteiger charge is -2.14. The van der Waals surface area contributed by atoms with E-state index in [0.717, 1.165) is 33.3 Å². The summed E-state index contributed by atoms with van der Waals surface area (Å²) in [6.45, 7) is 2.30. The van der Waals surface area contributed by atoms with Crippen molar-refractivity contribution in [3.63, 3.8) is 0 Å². The summed E-state index contributed by atoms with van der Waals surface area (Å²) in [6, 6.07) is 15.0. The third-order valence-electron chi connectivity index (χ3n) is 4.85. The van der Waals surface area contributed by atoms with Crippen LogP contribution in [0.3, 0.4) is 0 Å². The van der Waals surface area contributed by atoms with Crippen LogP contribution in [0.1, 0.15) is 21.5 Å². The van der Waals surface area contributed by atoms with Crippen LogP contribution in [-0.4, -0.2) is 21.4 Å². The number of carbonyl (C=O) groups is 1. The largest absolute Gasteiger partial charge is 0.505 e. The summed E-state index contributed by atoms with van der Waals surface area (Å²) in [7, 11) is 0. The van der Waals surface area contributed by atoms with Gasteiger partial charge in [0.15, 0.2) is 6.29 Å². The zero-order chi connectivity index (χ0) is 20.4. The van der Waals surface area contributed by atoms with Crippen molar-refractivity contribution in [1.29, 1.82) is 0 Å². The monoisotopic (exact) mass is 404 g/mol. The van der Waals surface area contributed by atoms with Crippen LogP contribution >= 0.6 is 11.6 Å². The van der Waals surface area contributed by atoms with Gasteiger partial charge in [-0.25, -0.2) is 0 Å². The Morgan fingerprint density at radius 2 is 1.86 bits per heavy atom. The lowest BCUT2D eigenvalue weighted by Crippen LogP contribution is -2.00. The summed E-state index contributed by atoms with van der Waals surface area (Å²) in [5.74, 6) is 0.0439. The molecule has 0 fully saturated rings. The maximum atomic E-state index is 10.9. The molecule has 1 heterocycles. The molecule has 6 heteroatoms. The summed E-state index contributed by atoms with van der Waals surface area (Å²) in [5.41, 5.74) is 5.98. The number of nitrogens with zero attached hydrogens (tertiary/aromatic N) is 2. The molecule has 0 radical (unpaired) electrons. The zero-order valence-corrected chi connectivity index (χ0v) is 16.3. The molecule has 0 saturated carbocycles. The minimum absolute atomic E-state index is 0.0245. The predicted octanol–water partition coefficient (Wildman–Crippen LogP) is 5.36. The predicted molar refractivity (Wildman–Crippen MR) is 113 cm³/mol. The topological polar surface area (TPSA) is 72.3 Å². The van der Waals surface area contributed by atoms with Gasteiger partial charge in [-0.15, -0.1) is 0 Å². The minimum Gasteiger partial charge on any atom is -0.505 e. The highest BCUT2D eigenvalue weighted by Gasteiger charge is 2.13. The van der Waals surface area contributed by atoms with Gasteiger partial charge in [0.25, 0.3) is 0 Å². The number of ether oxygens (including phenoxy) is 1. The molecule has 29 heavy (non-hydrogen) atoms. The third-order valence-corrected chi connectivity index (χ3v) is 5.21. The molecule has 3 aromatic carbocycles. The van der Waals surface area contributed by atoms with Gasteiger partial charge in [-0.2, -0.15) is 0 Å². The molecule has 4 rings (SSSR count). The summed E-state index contributed by atoms with van der Waals surface area (Å²) in [6.07, 6.45) is 3.90. The highest BCUT2D eigenvalue weighted by Crippen LogP contribution is 2.36. The van der Waals surface area contributed by atoms with Crippen molar-refractivity contribution in [2.24, 2.45) is 0 Å². The molecule has 144 valence electrons. The maximum absolute atomic E-state index is 10.9. The van der Waals surface area contributed by atoms with Crippen LogP contribution in [0.5, 0.6) is 11.5 Å². The van der Waals surface area contributed by atoms with E-state index in [0.29, 0.717) is 12.0 Å². The van der Waals surface area contributed by atoms with Crippen LogP contribution in [0.4, 0.5) is 0 Å². The van der Waals surface area contributed by atoms with Crippen LogP contribution in [-0.2, 0) is 6.61 Å². The smallest absolute Gasteiger partial charge is 0.153 e. The van der Waals surface area contributed by atoms with Crippen LogP contribution in [0.25, 0.3) is 22.2 Å². The van der Waals surface area contributed by atoms with Crippen LogP contribution in [0.2, 0.25) is 5.02 Å². The van der Waals surface area contributed by atoms with Crippen LogP contribution in [0, 0.1) is 6.92 Å². The van der Waals surface area contributed by atoms with E-state index in [2.05, 4.69) is 9.97 Å². The number of benzene rings is 3. The van der Waals surface area contributed by atoms with Gasteiger partial charge in [-0.1, -0.05) is 35.9 Å². The SMILES string of the molecule is Cc1c(COc2ccc(C=O)c(O)c2Cl)cccc1-c1ccc2nccnc2c1. The molecule has 0 unspecified atom stereocenters. The summed E-state index contributed by atoms with van der Waals surface area (Å²) in [4.78, 5) is 19.6. The van der Waals surface area contributed by atoms with E-state index in [1.54, 1.807) is 18.5 Å². The zero-order valence-electron chi connectivity index (χ0n) is 15.6. The fourth-order valence-corrected chi connectivity index (χ4v) is 3.43. The van der Waals surface area contributed by atoms with Gasteiger partial charge >= 0.3 is 0 Å². The Hall–Kier alpha value is -3.44. The average molecular weight is 405 g/mol. The second-order valence-corrected chi connectivity index (χ2v) is 6.95. The molecular weight excluding hydrogens is 388 g/mol. The fraction of sp³-hybridized carbons (Fsp3) is 0.0870. The van der Waals surface area contributed by atoms with Gasteiger partial charge in [0.2, 0.25) is 0 Å². The molecule has 0 amide bonds. The average Bonchev–Trinajstić information content (AvgIpc) is 2.75. The molecule has 4 aromatic rings. The molecule has 0 aliphatic heterocycles. The Kier molecular flexibility index (Phi) is 5.14. The van der Waals surface area contributed by atoms with E-state index in [1.165, 1.54) is 6.07 Å². The standard InChI is InChI=1S/C23H17ClN2O3/c1-14-17(13-29-21-8-6-16(12-27)23(28)22(21)24)3-2-4-18(14)15-5-7-19-20(11-15)26-10-9-25-19/h2-12,28H,13H2,1H3. The van der Waals surface area contributed by atoms with E-state index < -0.39 is 0 Å². The number of halogens is 1. The molecule has 0 spiro atoms. The van der Waals surface area contributed by atoms with Crippen LogP contribution < -0.4 is 4.74 Å². The number of hydrogen-bond donors (Lipinski definition) is 1. The van der Waals surface area contributed by atoms with E-state index in [9.17, 15) is 9.90 Å². The first-order valence-corrected chi connectivity index (χ1v) is 9.35. The van der Waals surface area contributed by atoms with E-state index >= 15 is 0 Å². The quantitative estimate of drug-likeness (QED) is 0.453. The van der Waals surface area contributed by atoms with Gasteiger partial charge in [-0.05, 0) is 53.4 Å². The van der Waals surface area contributed by atoms with Crippen molar-refractivity contribution in [3.05, 3.63) is 82.6 Å². The van der Waals surface area contributed by atoms with E-state index in [4.69, 9.17) is 16.3 Å². The number of rotatable bonds is 5. The van der Waals surface area contributed by atoms with Crippen molar-refractivity contribution in [2.45, 2.75) is 13.5 Å². The van der Waals surface area contributed by atoms with Crippen molar-refractivity contribution < 1.29 is 14.6 Å². The molecule has 1 aromatic heterocycles. The molecule has 1 N–H and O–H groups in total. The van der Waals surface area contributed by atoms with Gasteiger partial charge in [0.05, 0.1) is 16.6 Å². The highest BCUT2D eigenvalue weighted by molar-refractivity contribution is 6.33. The Morgan fingerprint density at radius 3 is 2.66 bits per heavy atom. The number of phenols is 1. The van der Waals surface area contributed by atoms with Crippen molar-refractivity contribution >= 4 is 28.9 Å². The number of aromatic nitrogens is 2. The Balaban J connectivity index is 1.63. The van der Waals surface area contributed by atoms with Gasteiger partial charge < -0.3 is 9.84 Å². The van der Waals surface area contributed by atoms with Crippen molar-refractivity contribution in [1.82, 2.24) is 9.97 Å². The molecule has 0 bridgehead atoms. The Morgan fingerprint density at radius 1 is 1.07 bits per heavy atom. The van der Waals surface area contributed by atoms with Gasteiger partial charge in [0, 0.05) is 12.4 Å². The highest BCUT2D eigenvalue weighted by atomic mass is 35.5. The molecule has 0 atom stereocenters. The van der Waals surface area contributed by atoms with Gasteiger partial charge in [-0.3, -0.25) is 14.8 Å². The molecule has 0 aliphatic rings. The lowest BCUT2D eigenvalue weighted by atomic mass is 9.96. The number of fused-ring (bicyclic) bond motifs is 1. The second kappa shape index (κ2) is 7.89. The lowest BCUT2D eigenvalue weighted by molar-refractivity contribution is 0.112. The third kappa shape index (κ3) is 3.65. The number of phenolic OH excluding ortho intramolecular Hbond substituents is 1. The molecular formula is C23H17ClN2O3. The van der Waals surface area contributed by atoms with E-state index in [1.807, 2.05) is 43.3 Å². The number of aldehydes is 1. The Labute approximate surface area is 172 Å². The Bertz CT molecular complexity index is 1220. The first kappa shape index (κ1) is 18.9. The first-order chi connectivity index (χ1) is 14.1. The second-order valence-electron chi connectivity index (χ2n) is 6.57. The number of hydrogen-bond acceptors (Lipinski definition) is 5. The molecule has 0 saturated heterocycles. The number of carbonyl (C=O) groups excluding carboxylic acids is 1. The molecule has 5 nitrogen and oxygen atoms in total. The first-order valence-electron chi connectivity index (χ1n) is 8.97. The summed E-state index contributed by atoms with van der Waals surface area (Å²) >= 11 is 6.12. The summed E-state index contributed by atoms with van der Waals surface area (Å²) in [5, 5.41) is 9.98. The minimum atomic E-state index is -0.276. The van der Waals surface area contributed by atoms with Crippen LogP contribution in [0.15, 0.2) is 60.9 Å². The van der Waals surface area contributed by atoms with E-state index in [-0.39, 0.29) is 22.9 Å². The normalized spacial score (nSPS) is 10.8. The maximum Gasteiger partial charge on any atom is 0.153 e. The van der Waals surface area contributed by atoms with Gasteiger partial charge in [0.1, 0.15) is 23.1 Å². The van der Waals surface area contributed by atoms with Crippen molar-refractivity contribution in [3.8, 4) is 22.6 Å². The molecule has 0 aliphatic carbocycles. The number of aromatic hydroxyl groups is 1. The summed E-state index contributed by atoms with van der Waals surface area (Å²) < 4.78 is 5.81. The van der Waals surface area contributed by atoms with Crippen molar-refractivity contribution in [2.75, 3.05) is 0 Å². The fourth-order valence-electron chi connectivity index (χ4n) is 3.21.